The summed E-state index contributed by atoms with van der Waals surface area (Å²) < 4.78 is 38.3. The second-order valence-electron chi connectivity index (χ2n) is 7.85. The van der Waals surface area contributed by atoms with E-state index in [1.165, 1.54) is 6.07 Å². The van der Waals surface area contributed by atoms with Crippen LogP contribution >= 0.6 is 0 Å². The normalized spacial score (nSPS) is 13.1. The van der Waals surface area contributed by atoms with E-state index in [1.54, 1.807) is 59.6 Å². The van der Waals surface area contributed by atoms with Crippen molar-refractivity contribution in [3.8, 4) is 17.6 Å². The van der Waals surface area contributed by atoms with Gasteiger partial charge in [0.05, 0.1) is 29.2 Å². The maximum absolute atomic E-state index is 12.9. The molecule has 1 saturated heterocycles. The average molecular weight is 475 g/mol. The van der Waals surface area contributed by atoms with E-state index < -0.39 is 6.61 Å². The number of anilines is 1. The van der Waals surface area contributed by atoms with Gasteiger partial charge in [0.1, 0.15) is 29.7 Å². The highest BCUT2D eigenvalue weighted by Crippen LogP contribution is 2.27. The molecule has 3 heterocycles. The molecule has 5 rings (SSSR count). The standard InChI is InChI=1S/C25H19F2N5O3/c26-25(27)35-21-4-2-1-3-17(21)14-32-20-11-16(13-28)5-6-19(20)30-23(32)15-34-18-7-9-29-22(12-18)31-10-8-24(31)33/h1-7,9,11-12,25H,8,10,14-15H2. The van der Waals surface area contributed by atoms with Crippen molar-refractivity contribution >= 4 is 22.8 Å². The summed E-state index contributed by atoms with van der Waals surface area (Å²) in [5.41, 5.74) is 2.27. The fourth-order valence-electron chi connectivity index (χ4n) is 3.89. The van der Waals surface area contributed by atoms with Crippen LogP contribution in [0.2, 0.25) is 0 Å². The predicted molar refractivity (Wildman–Crippen MR) is 122 cm³/mol. The molecule has 0 unspecified atom stereocenters. The topological polar surface area (TPSA) is 93.3 Å². The third kappa shape index (κ3) is 4.61. The minimum Gasteiger partial charge on any atom is -0.485 e. The number of ether oxygens (including phenoxy) is 2. The highest BCUT2D eigenvalue weighted by atomic mass is 19.3. The van der Waals surface area contributed by atoms with Crippen LogP contribution in [0.4, 0.5) is 14.6 Å². The van der Waals surface area contributed by atoms with Crippen molar-refractivity contribution in [3.05, 3.63) is 77.7 Å². The number of hydrogen-bond acceptors (Lipinski definition) is 6. The molecule has 0 spiro atoms. The number of alkyl halides is 2. The van der Waals surface area contributed by atoms with E-state index in [4.69, 9.17) is 9.47 Å². The van der Waals surface area contributed by atoms with Gasteiger partial charge in [0, 0.05) is 30.8 Å². The number of nitrogens with zero attached hydrogens (tertiary/aromatic N) is 5. The predicted octanol–water partition coefficient (Wildman–Crippen LogP) is 4.27. The van der Waals surface area contributed by atoms with Crippen LogP contribution in [0.3, 0.4) is 0 Å². The lowest BCUT2D eigenvalue weighted by atomic mass is 10.2. The molecule has 0 radical (unpaired) electrons. The number of para-hydroxylation sites is 1. The van der Waals surface area contributed by atoms with Gasteiger partial charge in [-0.1, -0.05) is 18.2 Å². The number of carbonyl (C=O) groups excluding carboxylic acids is 1. The number of halogens is 2. The summed E-state index contributed by atoms with van der Waals surface area (Å²) in [6.45, 7) is -2.10. The molecule has 1 fully saturated rings. The summed E-state index contributed by atoms with van der Waals surface area (Å²) in [7, 11) is 0. The minimum atomic E-state index is -2.96. The number of hydrogen-bond donors (Lipinski definition) is 0. The van der Waals surface area contributed by atoms with E-state index in [0.29, 0.717) is 52.5 Å². The van der Waals surface area contributed by atoms with E-state index >= 15 is 0 Å². The number of carbonyl (C=O) groups is 1. The summed E-state index contributed by atoms with van der Waals surface area (Å²) in [4.78, 5) is 22.2. The summed E-state index contributed by atoms with van der Waals surface area (Å²) in [5, 5.41) is 9.35. The van der Waals surface area contributed by atoms with Crippen LogP contribution in [0, 0.1) is 11.3 Å². The number of benzene rings is 2. The molecule has 8 nitrogen and oxygen atoms in total. The Morgan fingerprint density at radius 2 is 2.00 bits per heavy atom. The SMILES string of the molecule is N#Cc1ccc2nc(COc3ccnc(N4CCC4=O)c3)n(Cc3ccccc3OC(F)F)c2c1. The lowest BCUT2D eigenvalue weighted by molar-refractivity contribution is -0.122. The largest absolute Gasteiger partial charge is 0.485 e. The van der Waals surface area contributed by atoms with Gasteiger partial charge < -0.3 is 14.0 Å². The van der Waals surface area contributed by atoms with Gasteiger partial charge in [0.25, 0.3) is 0 Å². The van der Waals surface area contributed by atoms with Crippen molar-refractivity contribution in [1.29, 1.82) is 5.26 Å². The Labute approximate surface area is 199 Å². The first-order chi connectivity index (χ1) is 17.0. The zero-order valence-electron chi connectivity index (χ0n) is 18.4. The summed E-state index contributed by atoms with van der Waals surface area (Å²) in [6.07, 6.45) is 2.06. The van der Waals surface area contributed by atoms with Crippen molar-refractivity contribution in [2.45, 2.75) is 26.2 Å². The molecule has 1 amide bonds. The second-order valence-corrected chi connectivity index (χ2v) is 7.85. The zero-order chi connectivity index (χ0) is 24.4. The van der Waals surface area contributed by atoms with E-state index in [-0.39, 0.29) is 24.8 Å². The number of β-lactam (4-membered cyclic amide) rings is 1. The third-order valence-electron chi connectivity index (χ3n) is 5.69. The van der Waals surface area contributed by atoms with Crippen LogP contribution < -0.4 is 14.4 Å². The molecule has 1 aliphatic rings. The Hall–Kier alpha value is -4.52. The lowest BCUT2D eigenvalue weighted by Gasteiger charge is -2.29. The fraction of sp³-hybridized carbons (Fsp3) is 0.200. The Morgan fingerprint density at radius 3 is 2.74 bits per heavy atom. The molecule has 2 aromatic heterocycles. The summed E-state index contributed by atoms with van der Waals surface area (Å²) >= 11 is 0. The second kappa shape index (κ2) is 9.38. The van der Waals surface area contributed by atoms with Crippen molar-refractivity contribution in [3.63, 3.8) is 0 Å². The summed E-state index contributed by atoms with van der Waals surface area (Å²) in [6, 6.07) is 17.1. The molecular weight excluding hydrogens is 456 g/mol. The molecule has 10 heteroatoms. The Bertz CT molecular complexity index is 1450. The van der Waals surface area contributed by atoms with E-state index in [9.17, 15) is 18.8 Å². The molecule has 4 aromatic rings. The first-order valence-corrected chi connectivity index (χ1v) is 10.8. The van der Waals surface area contributed by atoms with Gasteiger partial charge in [0.15, 0.2) is 0 Å². The monoisotopic (exact) mass is 475 g/mol. The Kier molecular flexibility index (Phi) is 5.97. The Balaban J connectivity index is 1.47. The molecule has 0 saturated carbocycles. The van der Waals surface area contributed by atoms with E-state index in [0.717, 1.165) is 0 Å². The van der Waals surface area contributed by atoms with Crippen molar-refractivity contribution in [2.24, 2.45) is 0 Å². The number of nitriles is 1. The van der Waals surface area contributed by atoms with E-state index in [1.807, 2.05) is 4.57 Å². The maximum atomic E-state index is 12.9. The highest BCUT2D eigenvalue weighted by Gasteiger charge is 2.26. The van der Waals surface area contributed by atoms with Crippen LogP contribution in [0.15, 0.2) is 60.8 Å². The molecule has 0 aliphatic carbocycles. The van der Waals surface area contributed by atoms with Gasteiger partial charge in [-0.25, -0.2) is 9.97 Å². The molecular formula is C25H19F2N5O3. The molecule has 0 N–H and O–H groups in total. The molecule has 35 heavy (non-hydrogen) atoms. The third-order valence-corrected chi connectivity index (χ3v) is 5.69. The fourth-order valence-corrected chi connectivity index (χ4v) is 3.89. The smallest absolute Gasteiger partial charge is 0.387 e. The molecule has 2 aromatic carbocycles. The van der Waals surface area contributed by atoms with Gasteiger partial charge in [0.2, 0.25) is 5.91 Å². The number of fused-ring (bicyclic) bond motifs is 1. The number of aromatic nitrogens is 3. The van der Waals surface area contributed by atoms with Gasteiger partial charge in [-0.3, -0.25) is 9.69 Å². The van der Waals surface area contributed by atoms with Crippen molar-refractivity contribution < 1.29 is 23.0 Å². The summed E-state index contributed by atoms with van der Waals surface area (Å²) in [5.74, 6) is 1.62. The number of rotatable bonds is 8. The lowest BCUT2D eigenvalue weighted by Crippen LogP contribution is -2.43. The van der Waals surface area contributed by atoms with Gasteiger partial charge >= 0.3 is 6.61 Å². The van der Waals surface area contributed by atoms with Crippen LogP contribution in [0.5, 0.6) is 11.5 Å². The first kappa shape index (κ1) is 22.3. The number of pyridine rings is 1. The van der Waals surface area contributed by atoms with Crippen LogP contribution in [0.25, 0.3) is 11.0 Å². The zero-order valence-corrected chi connectivity index (χ0v) is 18.4. The van der Waals surface area contributed by atoms with Crippen LogP contribution in [-0.4, -0.2) is 33.6 Å². The van der Waals surface area contributed by atoms with Crippen molar-refractivity contribution in [2.75, 3.05) is 11.4 Å². The molecule has 0 bridgehead atoms. The quantitative estimate of drug-likeness (QED) is 0.354. The van der Waals surface area contributed by atoms with Crippen LogP contribution in [-0.2, 0) is 17.9 Å². The van der Waals surface area contributed by atoms with Gasteiger partial charge in [-0.15, -0.1) is 0 Å². The average Bonchev–Trinajstić information content (AvgIpc) is 3.19. The molecule has 176 valence electrons. The van der Waals surface area contributed by atoms with Gasteiger partial charge in [-0.2, -0.15) is 14.0 Å². The highest BCUT2D eigenvalue weighted by molar-refractivity contribution is 5.98. The van der Waals surface area contributed by atoms with Crippen LogP contribution in [0.1, 0.15) is 23.4 Å². The molecule has 0 atom stereocenters. The maximum Gasteiger partial charge on any atom is 0.387 e. The molecule has 1 aliphatic heterocycles. The van der Waals surface area contributed by atoms with Crippen molar-refractivity contribution in [1.82, 2.24) is 14.5 Å². The first-order valence-electron chi connectivity index (χ1n) is 10.8. The number of imidazole rings is 1. The minimum absolute atomic E-state index is 0.00872. The van der Waals surface area contributed by atoms with Gasteiger partial charge in [-0.05, 0) is 30.3 Å². The Morgan fingerprint density at radius 1 is 1.14 bits per heavy atom. The number of amides is 1. The van der Waals surface area contributed by atoms with E-state index in [2.05, 4.69) is 16.0 Å².